The van der Waals surface area contributed by atoms with Crippen LogP contribution in [-0.2, 0) is 4.79 Å². The average Bonchev–Trinajstić information content (AvgIpc) is 1.97. The Balaban J connectivity index is 2.44. The summed E-state index contributed by atoms with van der Waals surface area (Å²) in [7, 11) is 0. The number of alkyl halides is 2. The van der Waals surface area contributed by atoms with Crippen LogP contribution in [0.3, 0.4) is 0 Å². The van der Waals surface area contributed by atoms with Gasteiger partial charge < -0.3 is 5.11 Å². The number of carboxylic acids is 1. The lowest BCUT2D eigenvalue weighted by Crippen LogP contribution is -2.53. The minimum atomic E-state index is -3.60. The van der Waals surface area contributed by atoms with Crippen molar-refractivity contribution < 1.29 is 18.7 Å². The summed E-state index contributed by atoms with van der Waals surface area (Å²) >= 11 is 0. The van der Waals surface area contributed by atoms with Gasteiger partial charge in [0.25, 0.3) is 0 Å². The van der Waals surface area contributed by atoms with Gasteiger partial charge in [-0.3, -0.25) is 4.90 Å². The van der Waals surface area contributed by atoms with Gasteiger partial charge in [0.2, 0.25) is 0 Å². The van der Waals surface area contributed by atoms with Gasteiger partial charge in [0.05, 0.1) is 6.54 Å². The summed E-state index contributed by atoms with van der Waals surface area (Å²) in [6.07, 6.45) is 0.871. The summed E-state index contributed by atoms with van der Waals surface area (Å²) in [4.78, 5) is 11.5. The molecule has 0 aromatic heterocycles. The van der Waals surface area contributed by atoms with E-state index >= 15 is 0 Å². The van der Waals surface area contributed by atoms with Crippen molar-refractivity contribution in [2.24, 2.45) is 0 Å². The van der Waals surface area contributed by atoms with Crippen molar-refractivity contribution in [3.05, 3.63) is 0 Å². The molecule has 0 aromatic carbocycles. The predicted octanol–water partition coefficient (Wildman–Crippen LogP) is 0.801. The first-order valence-corrected chi connectivity index (χ1v) is 3.79. The second kappa shape index (κ2) is 2.97. The fourth-order valence-corrected chi connectivity index (χ4v) is 1.13. The number of aliphatic carboxylic acids is 1. The monoisotopic (exact) mass is 179 g/mol. The largest absolute Gasteiger partial charge is 0.477 e. The third-order valence-electron chi connectivity index (χ3n) is 2.17. The van der Waals surface area contributed by atoms with E-state index in [1.54, 1.807) is 6.92 Å². The summed E-state index contributed by atoms with van der Waals surface area (Å²) < 4.78 is 25.1. The average molecular weight is 179 g/mol. The Bertz CT molecular complexity index is 196. The molecule has 1 rings (SSSR count). The lowest BCUT2D eigenvalue weighted by Gasteiger charge is -2.39. The zero-order chi connectivity index (χ0) is 9.35. The van der Waals surface area contributed by atoms with E-state index in [9.17, 15) is 13.6 Å². The highest BCUT2D eigenvalue weighted by atomic mass is 19.3. The minimum absolute atomic E-state index is 0.0928. The van der Waals surface area contributed by atoms with E-state index in [4.69, 9.17) is 5.11 Å². The Hall–Kier alpha value is -0.710. The van der Waals surface area contributed by atoms with Gasteiger partial charge in [0.1, 0.15) is 0 Å². The van der Waals surface area contributed by atoms with Crippen LogP contribution in [0.5, 0.6) is 0 Å². The van der Waals surface area contributed by atoms with Gasteiger partial charge in [-0.25, -0.2) is 4.79 Å². The number of carbonyl (C=O) groups is 1. The SMILES string of the molecule is CC1CCN1CC(F)(F)C(=O)O. The van der Waals surface area contributed by atoms with Crippen LogP contribution >= 0.6 is 0 Å². The van der Waals surface area contributed by atoms with Gasteiger partial charge in [-0.2, -0.15) is 8.78 Å². The van der Waals surface area contributed by atoms with E-state index < -0.39 is 18.4 Å². The van der Waals surface area contributed by atoms with Crippen LogP contribution in [0, 0.1) is 0 Å². The van der Waals surface area contributed by atoms with Crippen molar-refractivity contribution in [3.8, 4) is 0 Å². The maximum Gasteiger partial charge on any atom is 0.375 e. The van der Waals surface area contributed by atoms with Crippen LogP contribution in [-0.4, -0.2) is 41.0 Å². The Labute approximate surface area is 69.0 Å². The summed E-state index contributed by atoms with van der Waals surface area (Å²) in [6.45, 7) is 1.72. The van der Waals surface area contributed by atoms with Crippen molar-refractivity contribution in [1.82, 2.24) is 4.90 Å². The molecule has 1 atom stereocenters. The molecule has 0 aromatic rings. The van der Waals surface area contributed by atoms with Crippen molar-refractivity contribution in [2.75, 3.05) is 13.1 Å². The Kier molecular flexibility index (Phi) is 2.32. The molecule has 1 unspecified atom stereocenters. The quantitative estimate of drug-likeness (QED) is 0.696. The second-order valence-corrected chi connectivity index (χ2v) is 3.12. The van der Waals surface area contributed by atoms with Crippen molar-refractivity contribution in [2.45, 2.75) is 25.3 Å². The van der Waals surface area contributed by atoms with Crippen LogP contribution in [0.1, 0.15) is 13.3 Å². The van der Waals surface area contributed by atoms with Crippen LogP contribution in [0.15, 0.2) is 0 Å². The van der Waals surface area contributed by atoms with Crippen LogP contribution in [0.4, 0.5) is 8.78 Å². The molecule has 0 aliphatic carbocycles. The molecule has 1 fully saturated rings. The summed E-state index contributed by atoms with van der Waals surface area (Å²) in [5.41, 5.74) is 0. The van der Waals surface area contributed by atoms with E-state index in [2.05, 4.69) is 0 Å². The number of nitrogens with zero attached hydrogens (tertiary/aromatic N) is 1. The normalized spacial score (nSPS) is 25.1. The summed E-state index contributed by atoms with van der Waals surface area (Å²) in [5, 5.41) is 8.12. The first-order valence-electron chi connectivity index (χ1n) is 3.79. The lowest BCUT2D eigenvalue weighted by atomic mass is 10.0. The molecule has 0 radical (unpaired) electrons. The van der Waals surface area contributed by atoms with Gasteiger partial charge in [-0.1, -0.05) is 0 Å². The third-order valence-corrected chi connectivity index (χ3v) is 2.17. The van der Waals surface area contributed by atoms with Gasteiger partial charge >= 0.3 is 11.9 Å². The van der Waals surface area contributed by atoms with Crippen molar-refractivity contribution in [3.63, 3.8) is 0 Å². The lowest BCUT2D eigenvalue weighted by molar-refractivity contribution is -0.170. The Morgan fingerprint density at radius 3 is 2.58 bits per heavy atom. The highest BCUT2D eigenvalue weighted by Gasteiger charge is 2.43. The molecule has 0 saturated carbocycles. The molecule has 1 heterocycles. The second-order valence-electron chi connectivity index (χ2n) is 3.12. The molecule has 1 aliphatic heterocycles. The zero-order valence-corrected chi connectivity index (χ0v) is 6.76. The van der Waals surface area contributed by atoms with Crippen LogP contribution in [0.2, 0.25) is 0 Å². The third kappa shape index (κ3) is 1.72. The zero-order valence-electron chi connectivity index (χ0n) is 6.76. The number of hydrogen-bond donors (Lipinski definition) is 1. The van der Waals surface area contributed by atoms with E-state index in [-0.39, 0.29) is 6.04 Å². The Morgan fingerprint density at radius 1 is 1.75 bits per heavy atom. The molecule has 0 amide bonds. The molecule has 3 nitrogen and oxygen atoms in total. The van der Waals surface area contributed by atoms with Gasteiger partial charge in [-0.05, 0) is 13.3 Å². The molecule has 12 heavy (non-hydrogen) atoms. The van der Waals surface area contributed by atoms with E-state index in [1.165, 1.54) is 4.90 Å². The molecular weight excluding hydrogens is 168 g/mol. The van der Waals surface area contributed by atoms with Crippen LogP contribution in [0.25, 0.3) is 0 Å². The van der Waals surface area contributed by atoms with Crippen molar-refractivity contribution >= 4 is 5.97 Å². The number of likely N-dealkylation sites (tertiary alicyclic amines) is 1. The maximum atomic E-state index is 12.5. The van der Waals surface area contributed by atoms with E-state index in [0.29, 0.717) is 6.54 Å². The number of carboxylic acid groups (broad SMARTS) is 1. The molecule has 1 aliphatic rings. The van der Waals surface area contributed by atoms with E-state index in [1.807, 2.05) is 0 Å². The van der Waals surface area contributed by atoms with E-state index in [0.717, 1.165) is 6.42 Å². The van der Waals surface area contributed by atoms with Crippen LogP contribution < -0.4 is 0 Å². The first kappa shape index (κ1) is 9.38. The maximum absolute atomic E-state index is 12.5. The number of halogens is 2. The standard InChI is InChI=1S/C7H11F2NO2/c1-5-2-3-10(5)4-7(8,9)6(11)12/h5H,2-4H2,1H3,(H,11,12). The summed E-state index contributed by atoms with van der Waals surface area (Å²) in [6, 6.07) is 0.0928. The molecule has 70 valence electrons. The molecule has 1 saturated heterocycles. The van der Waals surface area contributed by atoms with Gasteiger partial charge in [0.15, 0.2) is 0 Å². The molecule has 5 heteroatoms. The molecule has 0 spiro atoms. The number of hydrogen-bond acceptors (Lipinski definition) is 2. The molecule has 0 bridgehead atoms. The first-order chi connectivity index (χ1) is 5.43. The Morgan fingerprint density at radius 2 is 2.33 bits per heavy atom. The topological polar surface area (TPSA) is 40.5 Å². The minimum Gasteiger partial charge on any atom is -0.477 e. The summed E-state index contributed by atoms with van der Waals surface area (Å²) in [5.74, 6) is -5.64. The fraction of sp³-hybridized carbons (Fsp3) is 0.857. The van der Waals surface area contributed by atoms with Gasteiger partial charge in [-0.15, -0.1) is 0 Å². The smallest absolute Gasteiger partial charge is 0.375 e. The number of rotatable bonds is 3. The molecular formula is C7H11F2NO2. The fourth-order valence-electron chi connectivity index (χ4n) is 1.13. The van der Waals surface area contributed by atoms with Gasteiger partial charge in [0, 0.05) is 12.6 Å². The predicted molar refractivity (Wildman–Crippen MR) is 38.2 cm³/mol. The van der Waals surface area contributed by atoms with Crippen molar-refractivity contribution in [1.29, 1.82) is 0 Å². The highest BCUT2D eigenvalue weighted by molar-refractivity contribution is 5.75. The molecule has 1 N–H and O–H groups in total. The highest BCUT2D eigenvalue weighted by Crippen LogP contribution is 2.23.